The highest BCUT2D eigenvalue weighted by Crippen LogP contribution is 2.26. The molecule has 0 aliphatic heterocycles. The number of carbonyl (C=O) groups excluding carboxylic acids is 1. The van der Waals surface area contributed by atoms with Crippen molar-refractivity contribution in [1.29, 1.82) is 0 Å². The van der Waals surface area contributed by atoms with Gasteiger partial charge in [0.25, 0.3) is 0 Å². The minimum atomic E-state index is 0.234. The molecule has 3 rings (SSSR count). The molecule has 0 saturated heterocycles. The minimum absolute atomic E-state index is 0.234. The van der Waals surface area contributed by atoms with E-state index in [1.807, 2.05) is 10.9 Å². The Hall–Kier alpha value is -1.84. The molecular weight excluding hydrogens is 250 g/mol. The Morgan fingerprint density at radius 1 is 1.45 bits per heavy atom. The van der Waals surface area contributed by atoms with Gasteiger partial charge in [0.2, 0.25) is 5.91 Å². The van der Waals surface area contributed by atoms with Gasteiger partial charge in [-0.3, -0.25) is 9.48 Å². The van der Waals surface area contributed by atoms with E-state index in [4.69, 9.17) is 0 Å². The van der Waals surface area contributed by atoms with Crippen LogP contribution in [0.5, 0.6) is 0 Å². The summed E-state index contributed by atoms with van der Waals surface area (Å²) in [4.78, 5) is 11.7. The van der Waals surface area contributed by atoms with E-state index in [0.29, 0.717) is 0 Å². The summed E-state index contributed by atoms with van der Waals surface area (Å²) < 4.78 is 2.03. The summed E-state index contributed by atoms with van der Waals surface area (Å²) in [5.41, 5.74) is 2.43. The Labute approximate surface area is 119 Å². The Morgan fingerprint density at radius 2 is 2.30 bits per heavy atom. The second-order valence-electron chi connectivity index (χ2n) is 5.65. The summed E-state index contributed by atoms with van der Waals surface area (Å²) in [7, 11) is 0. The largest absolute Gasteiger partial charge is 0.356 e. The van der Waals surface area contributed by atoms with Gasteiger partial charge in [-0.15, -0.1) is 0 Å². The number of rotatable bonds is 5. The number of aryl methyl sites for hydroxylation is 2. The van der Waals surface area contributed by atoms with Crippen LogP contribution in [0.3, 0.4) is 0 Å². The topological polar surface area (TPSA) is 46.9 Å². The first-order valence-corrected chi connectivity index (χ1v) is 7.44. The van der Waals surface area contributed by atoms with Crippen LogP contribution in [0.25, 0.3) is 10.9 Å². The van der Waals surface area contributed by atoms with Crippen LogP contribution in [0.1, 0.15) is 31.2 Å². The summed E-state index contributed by atoms with van der Waals surface area (Å²) in [5.74, 6) is 0.514. The van der Waals surface area contributed by atoms with Crippen LogP contribution in [0.4, 0.5) is 0 Å². The summed E-state index contributed by atoms with van der Waals surface area (Å²) in [6, 6.07) is 6.27. The number of aromatic nitrogens is 2. The monoisotopic (exact) mass is 271 g/mol. The van der Waals surface area contributed by atoms with Crippen molar-refractivity contribution >= 4 is 16.8 Å². The lowest BCUT2D eigenvalue weighted by Gasteiger charge is -2.23. The number of nitrogens with one attached hydrogen (secondary N) is 1. The van der Waals surface area contributed by atoms with Crippen LogP contribution < -0.4 is 5.32 Å². The number of benzene rings is 1. The predicted octanol–water partition coefficient (Wildman–Crippen LogP) is 2.65. The molecule has 0 unspecified atom stereocenters. The predicted molar refractivity (Wildman–Crippen MR) is 79.4 cm³/mol. The van der Waals surface area contributed by atoms with E-state index in [1.54, 1.807) is 0 Å². The molecule has 1 aromatic heterocycles. The van der Waals surface area contributed by atoms with Gasteiger partial charge in [-0.25, -0.2) is 0 Å². The fourth-order valence-corrected chi connectivity index (χ4v) is 2.68. The number of hydrogen-bond acceptors (Lipinski definition) is 2. The van der Waals surface area contributed by atoms with E-state index >= 15 is 0 Å². The van der Waals surface area contributed by atoms with E-state index in [-0.39, 0.29) is 11.8 Å². The lowest BCUT2D eigenvalue weighted by atomic mass is 9.85. The van der Waals surface area contributed by atoms with Crippen LogP contribution in [-0.4, -0.2) is 22.2 Å². The molecule has 20 heavy (non-hydrogen) atoms. The molecule has 0 radical (unpaired) electrons. The molecule has 0 atom stereocenters. The van der Waals surface area contributed by atoms with Crippen molar-refractivity contribution in [2.45, 2.75) is 39.2 Å². The van der Waals surface area contributed by atoms with Crippen LogP contribution in [0.2, 0.25) is 0 Å². The average molecular weight is 271 g/mol. The lowest BCUT2D eigenvalue weighted by molar-refractivity contribution is -0.127. The molecule has 0 bridgehead atoms. The van der Waals surface area contributed by atoms with Crippen LogP contribution in [0.15, 0.2) is 24.4 Å². The Bertz CT molecular complexity index is 613. The lowest BCUT2D eigenvalue weighted by Crippen LogP contribution is -2.35. The van der Waals surface area contributed by atoms with E-state index in [2.05, 4.69) is 35.5 Å². The number of carbonyl (C=O) groups is 1. The SMILES string of the molecule is Cc1cccc2c1cnn2CCCNC(=O)C1CCC1. The molecule has 0 spiro atoms. The number of fused-ring (bicyclic) bond motifs is 1. The molecule has 1 saturated carbocycles. The second-order valence-corrected chi connectivity index (χ2v) is 5.65. The third kappa shape index (κ3) is 2.55. The zero-order valence-corrected chi connectivity index (χ0v) is 11.9. The Morgan fingerprint density at radius 3 is 3.05 bits per heavy atom. The zero-order valence-electron chi connectivity index (χ0n) is 11.9. The van der Waals surface area contributed by atoms with Gasteiger partial charge in [-0.05, 0) is 37.8 Å². The van der Waals surface area contributed by atoms with E-state index in [0.717, 1.165) is 32.4 Å². The number of nitrogens with zero attached hydrogens (tertiary/aromatic N) is 2. The van der Waals surface area contributed by atoms with Gasteiger partial charge >= 0.3 is 0 Å². The fourth-order valence-electron chi connectivity index (χ4n) is 2.68. The summed E-state index contributed by atoms with van der Waals surface area (Å²) in [6.07, 6.45) is 6.18. The van der Waals surface area contributed by atoms with Gasteiger partial charge in [-0.2, -0.15) is 5.10 Å². The third-order valence-corrected chi connectivity index (χ3v) is 4.23. The van der Waals surface area contributed by atoms with Gasteiger partial charge in [0.15, 0.2) is 0 Å². The molecule has 1 fully saturated rings. The van der Waals surface area contributed by atoms with Crippen LogP contribution in [0, 0.1) is 12.8 Å². The smallest absolute Gasteiger partial charge is 0.223 e. The number of hydrogen-bond donors (Lipinski definition) is 1. The highest BCUT2D eigenvalue weighted by molar-refractivity contribution is 5.82. The van der Waals surface area contributed by atoms with Gasteiger partial charge < -0.3 is 5.32 Å². The van der Waals surface area contributed by atoms with Crippen LogP contribution >= 0.6 is 0 Å². The molecule has 4 heteroatoms. The van der Waals surface area contributed by atoms with Crippen molar-refractivity contribution in [3.05, 3.63) is 30.0 Å². The first kappa shape index (κ1) is 13.2. The van der Waals surface area contributed by atoms with E-state index < -0.39 is 0 Å². The summed E-state index contributed by atoms with van der Waals surface area (Å²) >= 11 is 0. The molecule has 1 heterocycles. The summed E-state index contributed by atoms with van der Waals surface area (Å²) in [5, 5.41) is 8.68. The molecule has 1 aliphatic carbocycles. The van der Waals surface area contributed by atoms with E-state index in [9.17, 15) is 4.79 Å². The van der Waals surface area contributed by atoms with Crippen molar-refractivity contribution in [3.63, 3.8) is 0 Å². The first-order valence-electron chi connectivity index (χ1n) is 7.44. The standard InChI is InChI=1S/C16H21N3O/c1-12-5-2-8-15-14(12)11-18-19(15)10-4-9-17-16(20)13-6-3-7-13/h2,5,8,11,13H,3-4,6-7,9-10H2,1H3,(H,17,20). The van der Waals surface area contributed by atoms with Gasteiger partial charge in [-0.1, -0.05) is 18.6 Å². The van der Waals surface area contributed by atoms with Crippen LogP contribution in [-0.2, 0) is 11.3 Å². The second kappa shape index (κ2) is 5.65. The van der Waals surface area contributed by atoms with E-state index in [1.165, 1.54) is 22.9 Å². The highest BCUT2D eigenvalue weighted by Gasteiger charge is 2.24. The van der Waals surface area contributed by atoms with Crippen molar-refractivity contribution in [1.82, 2.24) is 15.1 Å². The first-order chi connectivity index (χ1) is 9.75. The molecular formula is C16H21N3O. The van der Waals surface area contributed by atoms with Crippen molar-refractivity contribution in [2.24, 2.45) is 5.92 Å². The average Bonchev–Trinajstić information content (AvgIpc) is 2.77. The Balaban J connectivity index is 1.52. The molecule has 1 aromatic carbocycles. The van der Waals surface area contributed by atoms with Crippen molar-refractivity contribution < 1.29 is 4.79 Å². The van der Waals surface area contributed by atoms with Gasteiger partial charge in [0, 0.05) is 24.4 Å². The highest BCUT2D eigenvalue weighted by atomic mass is 16.1. The number of amides is 1. The van der Waals surface area contributed by atoms with Gasteiger partial charge in [0.1, 0.15) is 0 Å². The quantitative estimate of drug-likeness (QED) is 0.850. The van der Waals surface area contributed by atoms with Crippen molar-refractivity contribution in [2.75, 3.05) is 6.54 Å². The maximum atomic E-state index is 11.7. The maximum Gasteiger partial charge on any atom is 0.223 e. The molecule has 106 valence electrons. The molecule has 4 nitrogen and oxygen atoms in total. The zero-order chi connectivity index (χ0) is 13.9. The normalized spacial score (nSPS) is 15.2. The minimum Gasteiger partial charge on any atom is -0.356 e. The maximum absolute atomic E-state index is 11.7. The van der Waals surface area contributed by atoms with Gasteiger partial charge in [0.05, 0.1) is 11.7 Å². The summed E-state index contributed by atoms with van der Waals surface area (Å²) in [6.45, 7) is 3.69. The third-order valence-electron chi connectivity index (χ3n) is 4.23. The van der Waals surface area contributed by atoms with Crippen molar-refractivity contribution in [3.8, 4) is 0 Å². The Kier molecular flexibility index (Phi) is 3.72. The molecule has 1 amide bonds. The fraction of sp³-hybridized carbons (Fsp3) is 0.500. The molecule has 1 aliphatic rings. The molecule has 2 aromatic rings. The molecule has 1 N–H and O–H groups in total.